The SMILES string of the molecule is Nc1ccccc1Oc1ncc(Cl)cc1Cl. The number of nitrogens with two attached hydrogens (primary N) is 1. The molecule has 1 aromatic carbocycles. The van der Waals surface area contributed by atoms with Gasteiger partial charge in [0.05, 0.1) is 10.7 Å². The zero-order valence-electron chi connectivity index (χ0n) is 8.15. The van der Waals surface area contributed by atoms with Crippen LogP contribution in [0.3, 0.4) is 0 Å². The summed E-state index contributed by atoms with van der Waals surface area (Å²) in [6, 6.07) is 8.67. The Morgan fingerprint density at radius 1 is 1.19 bits per heavy atom. The summed E-state index contributed by atoms with van der Waals surface area (Å²) in [5.74, 6) is 0.795. The minimum Gasteiger partial charge on any atom is -0.435 e. The van der Waals surface area contributed by atoms with Crippen LogP contribution in [0.4, 0.5) is 5.69 Å². The number of anilines is 1. The van der Waals surface area contributed by atoms with E-state index in [1.165, 1.54) is 6.20 Å². The van der Waals surface area contributed by atoms with Crippen LogP contribution >= 0.6 is 23.2 Å². The van der Waals surface area contributed by atoms with E-state index in [4.69, 9.17) is 33.7 Å². The molecule has 0 fully saturated rings. The molecule has 82 valence electrons. The second-order valence-electron chi connectivity index (χ2n) is 3.08. The van der Waals surface area contributed by atoms with Crippen molar-refractivity contribution in [2.24, 2.45) is 0 Å². The number of ether oxygens (including phenoxy) is 1. The van der Waals surface area contributed by atoms with Crippen molar-refractivity contribution in [1.82, 2.24) is 4.98 Å². The number of hydrogen-bond donors (Lipinski definition) is 1. The predicted molar refractivity (Wildman–Crippen MR) is 65.2 cm³/mol. The Morgan fingerprint density at radius 3 is 2.62 bits per heavy atom. The van der Waals surface area contributed by atoms with Gasteiger partial charge in [0.1, 0.15) is 5.02 Å². The highest BCUT2D eigenvalue weighted by Gasteiger charge is 2.07. The van der Waals surface area contributed by atoms with E-state index >= 15 is 0 Å². The van der Waals surface area contributed by atoms with Gasteiger partial charge < -0.3 is 10.5 Å². The number of benzene rings is 1. The number of nitrogen functional groups attached to an aromatic ring is 1. The maximum Gasteiger partial charge on any atom is 0.238 e. The van der Waals surface area contributed by atoms with E-state index in [1.54, 1.807) is 18.2 Å². The molecule has 1 heterocycles. The summed E-state index contributed by atoms with van der Waals surface area (Å²) < 4.78 is 5.47. The van der Waals surface area contributed by atoms with Gasteiger partial charge in [0.15, 0.2) is 5.75 Å². The van der Waals surface area contributed by atoms with Crippen LogP contribution in [0.2, 0.25) is 10.0 Å². The summed E-state index contributed by atoms with van der Waals surface area (Å²) in [6.07, 6.45) is 1.46. The van der Waals surface area contributed by atoms with Crippen LogP contribution in [0, 0.1) is 0 Å². The fraction of sp³-hybridized carbons (Fsp3) is 0. The average molecular weight is 255 g/mol. The number of aromatic nitrogens is 1. The van der Waals surface area contributed by atoms with E-state index in [0.717, 1.165) is 0 Å². The quantitative estimate of drug-likeness (QED) is 0.831. The second kappa shape index (κ2) is 4.60. The van der Waals surface area contributed by atoms with E-state index in [0.29, 0.717) is 21.5 Å². The van der Waals surface area contributed by atoms with Crippen molar-refractivity contribution in [3.05, 3.63) is 46.6 Å². The fourth-order valence-corrected chi connectivity index (χ4v) is 1.57. The Labute approximate surface area is 103 Å². The summed E-state index contributed by atoms with van der Waals surface area (Å²) in [6.45, 7) is 0. The van der Waals surface area contributed by atoms with E-state index in [-0.39, 0.29) is 5.88 Å². The Morgan fingerprint density at radius 2 is 1.94 bits per heavy atom. The summed E-state index contributed by atoms with van der Waals surface area (Å²) in [4.78, 5) is 3.97. The average Bonchev–Trinajstić information content (AvgIpc) is 2.25. The van der Waals surface area contributed by atoms with Crippen molar-refractivity contribution in [3.63, 3.8) is 0 Å². The van der Waals surface area contributed by atoms with Gasteiger partial charge >= 0.3 is 0 Å². The molecule has 3 nitrogen and oxygen atoms in total. The molecule has 0 bridgehead atoms. The highest BCUT2D eigenvalue weighted by atomic mass is 35.5. The number of nitrogens with zero attached hydrogens (tertiary/aromatic N) is 1. The number of hydrogen-bond acceptors (Lipinski definition) is 3. The van der Waals surface area contributed by atoms with Crippen molar-refractivity contribution < 1.29 is 4.74 Å². The van der Waals surface area contributed by atoms with E-state index in [9.17, 15) is 0 Å². The summed E-state index contributed by atoms with van der Waals surface area (Å²) >= 11 is 11.6. The van der Waals surface area contributed by atoms with Gasteiger partial charge in [-0.05, 0) is 18.2 Å². The molecule has 0 atom stereocenters. The first-order valence-corrected chi connectivity index (χ1v) is 5.26. The zero-order valence-corrected chi connectivity index (χ0v) is 9.66. The first-order chi connectivity index (χ1) is 7.66. The molecule has 16 heavy (non-hydrogen) atoms. The van der Waals surface area contributed by atoms with Gasteiger partial charge in [-0.1, -0.05) is 35.3 Å². The topological polar surface area (TPSA) is 48.1 Å². The normalized spacial score (nSPS) is 10.1. The summed E-state index contributed by atoms with van der Waals surface area (Å²) in [5.41, 5.74) is 6.25. The Hall–Kier alpha value is -1.45. The molecule has 0 aliphatic rings. The van der Waals surface area contributed by atoms with Crippen molar-refractivity contribution in [3.8, 4) is 11.6 Å². The number of para-hydroxylation sites is 2. The van der Waals surface area contributed by atoms with Gasteiger partial charge in [-0.2, -0.15) is 0 Å². The highest BCUT2D eigenvalue weighted by Crippen LogP contribution is 2.31. The minimum absolute atomic E-state index is 0.281. The standard InChI is InChI=1S/C11H8Cl2N2O/c12-7-5-8(13)11(15-6-7)16-10-4-2-1-3-9(10)14/h1-6H,14H2. The Bertz CT molecular complexity index is 517. The van der Waals surface area contributed by atoms with Gasteiger partial charge in [-0.15, -0.1) is 0 Å². The van der Waals surface area contributed by atoms with Crippen molar-refractivity contribution >= 4 is 28.9 Å². The fourth-order valence-electron chi connectivity index (χ4n) is 1.15. The maximum atomic E-state index is 5.92. The third-order valence-electron chi connectivity index (χ3n) is 1.90. The first kappa shape index (κ1) is 11.0. The van der Waals surface area contributed by atoms with Crippen LogP contribution in [0.15, 0.2) is 36.5 Å². The predicted octanol–water partition coefficient (Wildman–Crippen LogP) is 3.76. The minimum atomic E-state index is 0.281. The molecule has 0 radical (unpaired) electrons. The van der Waals surface area contributed by atoms with Gasteiger partial charge in [0.25, 0.3) is 0 Å². The van der Waals surface area contributed by atoms with Crippen molar-refractivity contribution in [2.75, 3.05) is 5.73 Å². The number of rotatable bonds is 2. The summed E-state index contributed by atoms with van der Waals surface area (Å²) in [7, 11) is 0. The largest absolute Gasteiger partial charge is 0.435 e. The van der Waals surface area contributed by atoms with Crippen LogP contribution in [-0.2, 0) is 0 Å². The molecule has 2 aromatic rings. The molecular formula is C11H8Cl2N2O. The maximum absolute atomic E-state index is 5.92. The lowest BCUT2D eigenvalue weighted by Crippen LogP contribution is -1.93. The van der Waals surface area contributed by atoms with Gasteiger partial charge in [-0.3, -0.25) is 0 Å². The molecule has 0 saturated heterocycles. The lowest BCUT2D eigenvalue weighted by atomic mass is 10.3. The molecule has 0 aliphatic heterocycles. The molecule has 2 N–H and O–H groups in total. The van der Waals surface area contributed by atoms with Crippen LogP contribution in [0.25, 0.3) is 0 Å². The van der Waals surface area contributed by atoms with E-state index in [2.05, 4.69) is 4.98 Å². The monoisotopic (exact) mass is 254 g/mol. The van der Waals surface area contributed by atoms with Crippen LogP contribution in [0.5, 0.6) is 11.6 Å². The second-order valence-corrected chi connectivity index (χ2v) is 3.92. The third-order valence-corrected chi connectivity index (χ3v) is 2.38. The molecule has 5 heteroatoms. The van der Waals surface area contributed by atoms with Gasteiger partial charge in [-0.25, -0.2) is 4.98 Å². The Kier molecular flexibility index (Phi) is 3.17. The van der Waals surface area contributed by atoms with Gasteiger partial charge in [0.2, 0.25) is 5.88 Å². The molecule has 0 saturated carbocycles. The first-order valence-electron chi connectivity index (χ1n) is 4.50. The zero-order chi connectivity index (χ0) is 11.5. The van der Waals surface area contributed by atoms with E-state index in [1.807, 2.05) is 12.1 Å². The number of pyridine rings is 1. The van der Waals surface area contributed by atoms with Crippen LogP contribution in [0.1, 0.15) is 0 Å². The molecular weight excluding hydrogens is 247 g/mol. The molecule has 2 rings (SSSR count). The van der Waals surface area contributed by atoms with Crippen LogP contribution in [-0.4, -0.2) is 4.98 Å². The lowest BCUT2D eigenvalue weighted by Gasteiger charge is -2.08. The van der Waals surface area contributed by atoms with E-state index < -0.39 is 0 Å². The highest BCUT2D eigenvalue weighted by molar-refractivity contribution is 6.35. The molecule has 1 aromatic heterocycles. The molecule has 0 unspecified atom stereocenters. The lowest BCUT2D eigenvalue weighted by molar-refractivity contribution is 0.465. The van der Waals surface area contributed by atoms with Crippen LogP contribution < -0.4 is 10.5 Å². The smallest absolute Gasteiger partial charge is 0.238 e. The van der Waals surface area contributed by atoms with Crippen molar-refractivity contribution in [2.45, 2.75) is 0 Å². The van der Waals surface area contributed by atoms with Crippen molar-refractivity contribution in [1.29, 1.82) is 0 Å². The summed E-state index contributed by atoms with van der Waals surface area (Å²) in [5, 5.41) is 0.800. The molecule has 0 spiro atoms. The molecule has 0 amide bonds. The van der Waals surface area contributed by atoms with Gasteiger partial charge in [0, 0.05) is 6.20 Å². The molecule has 0 aliphatic carbocycles. The Balaban J connectivity index is 2.31. The third kappa shape index (κ3) is 2.38. The number of halogens is 2.